The lowest BCUT2D eigenvalue weighted by Gasteiger charge is -2.20. The molecular weight excluding hydrogens is 665 g/mol. The number of nitrogens with one attached hydrogen (secondary N) is 1. The number of hydrogen-bond acceptors (Lipinski definition) is 9. The highest BCUT2D eigenvalue weighted by atomic mass is 35.5. The first-order chi connectivity index (χ1) is 23.7. The first kappa shape index (κ1) is 33.7. The number of methoxy groups -OCH3 is 1. The Morgan fingerprint density at radius 3 is 2.37 bits per heavy atom. The Bertz CT molecular complexity index is 1840. The van der Waals surface area contributed by atoms with Crippen LogP contribution in [0.15, 0.2) is 60.8 Å². The molecule has 256 valence electrons. The van der Waals surface area contributed by atoms with Crippen LogP contribution in [0.3, 0.4) is 0 Å². The molecule has 0 unspecified atom stereocenters. The zero-order valence-corrected chi connectivity index (χ0v) is 28.8. The van der Waals surface area contributed by atoms with Gasteiger partial charge >= 0.3 is 0 Å². The van der Waals surface area contributed by atoms with Crippen LogP contribution in [0.4, 0.5) is 5.82 Å². The van der Waals surface area contributed by atoms with E-state index in [9.17, 15) is 15.0 Å². The van der Waals surface area contributed by atoms with Crippen molar-refractivity contribution in [1.29, 1.82) is 0 Å². The topological polar surface area (TPSA) is 120 Å². The van der Waals surface area contributed by atoms with Crippen molar-refractivity contribution in [2.45, 2.75) is 57.1 Å². The number of nitrogens with zero attached hydrogens (tertiary/aromatic N) is 4. The third-order valence-electron chi connectivity index (χ3n) is 9.54. The number of benzene rings is 2. The number of carbonyl (C=O) groups excluding carboxylic acids is 1. The van der Waals surface area contributed by atoms with E-state index in [1.807, 2.05) is 42.5 Å². The minimum atomic E-state index is -0.345. The van der Waals surface area contributed by atoms with Gasteiger partial charge in [0.2, 0.25) is 11.8 Å². The van der Waals surface area contributed by atoms with E-state index >= 15 is 0 Å². The van der Waals surface area contributed by atoms with Gasteiger partial charge in [-0.1, -0.05) is 59.6 Å². The molecule has 4 aromatic rings. The molecule has 2 saturated heterocycles. The van der Waals surface area contributed by atoms with Crippen LogP contribution in [-0.2, 0) is 19.5 Å². The van der Waals surface area contributed by atoms with Crippen LogP contribution in [0.1, 0.15) is 58.0 Å². The lowest BCUT2D eigenvalue weighted by Crippen LogP contribution is -2.22. The standard InChI is InChI=1S/C37H39Cl2N5O5/c1-48-36-23(19-44-15-13-25(46)21-44)16-31(38)37(42-36)49-32-10-9-27-26(4-2-5-28(27)32)29-6-3-7-30(34(29)39)35(47)41-33-11-8-22(17-40-33)18-43-14-12-24(45)20-43/h2-8,11,16-17,24-25,32,45-46H,9-10,12-15,18-21H2,1H3,(H,40,41,47)/t24-,25-,32+/m1/s1. The number of pyridine rings is 2. The van der Waals surface area contributed by atoms with Gasteiger partial charge in [-0.15, -0.1) is 0 Å². The van der Waals surface area contributed by atoms with E-state index in [1.54, 1.807) is 25.4 Å². The molecule has 0 bridgehead atoms. The first-order valence-corrected chi connectivity index (χ1v) is 17.4. The fourth-order valence-electron chi connectivity index (χ4n) is 7.09. The zero-order chi connectivity index (χ0) is 34.1. The maximum Gasteiger partial charge on any atom is 0.258 e. The number of aliphatic hydroxyl groups excluding tert-OH is 2. The first-order valence-electron chi connectivity index (χ1n) is 16.6. The minimum Gasteiger partial charge on any atom is -0.481 e. The number of halogens is 2. The monoisotopic (exact) mass is 703 g/mol. The number of carbonyl (C=O) groups is 1. The number of ether oxygens (including phenoxy) is 2. The minimum absolute atomic E-state index is 0.273. The normalized spacial score (nSPS) is 20.8. The van der Waals surface area contributed by atoms with Crippen LogP contribution in [0.25, 0.3) is 11.1 Å². The summed E-state index contributed by atoms with van der Waals surface area (Å²) < 4.78 is 12.0. The van der Waals surface area contributed by atoms with Gasteiger partial charge in [-0.3, -0.25) is 14.6 Å². The maximum absolute atomic E-state index is 13.4. The van der Waals surface area contributed by atoms with Gasteiger partial charge in [-0.25, -0.2) is 4.98 Å². The molecule has 3 atom stereocenters. The number of anilines is 1. The summed E-state index contributed by atoms with van der Waals surface area (Å²) in [6.45, 7) is 4.20. The average molecular weight is 705 g/mol. The van der Waals surface area contributed by atoms with Gasteiger partial charge in [0.25, 0.3) is 5.91 Å². The van der Waals surface area contributed by atoms with Gasteiger partial charge in [-0.2, -0.15) is 4.98 Å². The van der Waals surface area contributed by atoms with Crippen LogP contribution in [0, 0.1) is 0 Å². The van der Waals surface area contributed by atoms with E-state index in [0.717, 1.165) is 72.2 Å². The van der Waals surface area contributed by atoms with E-state index in [-0.39, 0.29) is 24.2 Å². The number of rotatable bonds is 10. The number of aliphatic hydroxyl groups is 2. The quantitative estimate of drug-likeness (QED) is 0.185. The summed E-state index contributed by atoms with van der Waals surface area (Å²) in [5.41, 5.74) is 6.03. The molecule has 12 heteroatoms. The lowest BCUT2D eigenvalue weighted by molar-refractivity contribution is 0.102. The van der Waals surface area contributed by atoms with Gasteiger partial charge < -0.3 is 25.0 Å². The molecule has 1 amide bonds. The number of likely N-dealkylation sites (tertiary alicyclic amines) is 2. The molecule has 3 aliphatic rings. The zero-order valence-electron chi connectivity index (χ0n) is 27.2. The second-order valence-electron chi connectivity index (χ2n) is 13.0. The molecule has 4 heterocycles. The molecular formula is C37H39Cl2N5O5. The molecule has 0 spiro atoms. The van der Waals surface area contributed by atoms with E-state index in [0.29, 0.717) is 59.4 Å². The van der Waals surface area contributed by atoms with Crippen molar-refractivity contribution in [2.24, 2.45) is 0 Å². The van der Waals surface area contributed by atoms with Gasteiger partial charge in [0.05, 0.1) is 29.9 Å². The number of amides is 1. The summed E-state index contributed by atoms with van der Waals surface area (Å²) in [5, 5.41) is 23.4. The second-order valence-corrected chi connectivity index (χ2v) is 13.8. The van der Waals surface area contributed by atoms with Crippen LogP contribution < -0.4 is 14.8 Å². The molecule has 2 aliphatic heterocycles. The van der Waals surface area contributed by atoms with Crippen LogP contribution in [0.5, 0.6) is 11.8 Å². The summed E-state index contributed by atoms with van der Waals surface area (Å²) in [6.07, 6.45) is 3.88. The summed E-state index contributed by atoms with van der Waals surface area (Å²) >= 11 is 13.6. The summed E-state index contributed by atoms with van der Waals surface area (Å²) in [4.78, 5) is 26.8. The Morgan fingerprint density at radius 2 is 1.67 bits per heavy atom. The summed E-state index contributed by atoms with van der Waals surface area (Å²) in [7, 11) is 1.58. The Kier molecular flexibility index (Phi) is 10.0. The Morgan fingerprint density at radius 1 is 0.939 bits per heavy atom. The summed E-state index contributed by atoms with van der Waals surface area (Å²) in [5.74, 6) is 0.843. The number of β-amino-alcohol motifs (C(OH)–C–C–N with tert-alkyl or cyclic N) is 2. The molecule has 2 aromatic carbocycles. The molecule has 7 rings (SSSR count). The van der Waals surface area contributed by atoms with Crippen molar-refractivity contribution in [3.63, 3.8) is 0 Å². The molecule has 0 radical (unpaired) electrons. The van der Waals surface area contributed by atoms with Crippen molar-refractivity contribution < 1.29 is 24.5 Å². The van der Waals surface area contributed by atoms with Crippen molar-refractivity contribution in [3.05, 3.63) is 98.7 Å². The molecule has 2 fully saturated rings. The molecule has 0 saturated carbocycles. The molecule has 3 N–H and O–H groups in total. The highest BCUT2D eigenvalue weighted by Crippen LogP contribution is 2.43. The Labute approximate surface area is 295 Å². The number of fused-ring (bicyclic) bond motifs is 1. The maximum atomic E-state index is 13.4. The fourth-order valence-corrected chi connectivity index (χ4v) is 7.63. The third-order valence-corrected chi connectivity index (χ3v) is 10.2. The van der Waals surface area contributed by atoms with Crippen LogP contribution in [-0.4, -0.2) is 81.4 Å². The molecule has 49 heavy (non-hydrogen) atoms. The highest BCUT2D eigenvalue weighted by molar-refractivity contribution is 6.37. The van der Waals surface area contributed by atoms with Crippen molar-refractivity contribution in [3.8, 4) is 22.9 Å². The molecule has 10 nitrogen and oxygen atoms in total. The molecule has 1 aliphatic carbocycles. The molecule has 2 aromatic heterocycles. The lowest BCUT2D eigenvalue weighted by atomic mass is 9.95. The predicted molar refractivity (Wildman–Crippen MR) is 188 cm³/mol. The summed E-state index contributed by atoms with van der Waals surface area (Å²) in [6, 6.07) is 17.0. The number of aromatic nitrogens is 2. The second kappa shape index (κ2) is 14.6. The van der Waals surface area contributed by atoms with Gasteiger partial charge in [-0.05, 0) is 66.1 Å². The van der Waals surface area contributed by atoms with E-state index < -0.39 is 0 Å². The fraction of sp³-hybridized carbons (Fsp3) is 0.378. The Balaban J connectivity index is 1.06. The van der Waals surface area contributed by atoms with Crippen molar-refractivity contribution in [1.82, 2.24) is 19.8 Å². The average Bonchev–Trinajstić information content (AvgIpc) is 3.82. The third kappa shape index (κ3) is 7.40. The predicted octanol–water partition coefficient (Wildman–Crippen LogP) is 5.91. The van der Waals surface area contributed by atoms with Crippen LogP contribution >= 0.6 is 23.2 Å². The SMILES string of the molecule is COc1nc(O[C@H]2CCc3c(-c4cccc(C(=O)Nc5ccc(CN6CC[C@@H](O)C6)cn5)c4Cl)cccc32)c(Cl)cc1CN1CC[C@@H](O)C1. The number of hydrogen-bond donors (Lipinski definition) is 3. The van der Waals surface area contributed by atoms with E-state index in [2.05, 4.69) is 25.1 Å². The van der Waals surface area contributed by atoms with Crippen molar-refractivity contribution in [2.75, 3.05) is 38.6 Å². The van der Waals surface area contributed by atoms with Gasteiger partial charge in [0.15, 0.2) is 0 Å². The Hall–Kier alpha value is -3.77. The van der Waals surface area contributed by atoms with E-state index in [4.69, 9.17) is 32.7 Å². The van der Waals surface area contributed by atoms with Crippen LogP contribution in [0.2, 0.25) is 10.0 Å². The van der Waals surface area contributed by atoms with Gasteiger partial charge in [0, 0.05) is 56.6 Å². The van der Waals surface area contributed by atoms with E-state index in [1.165, 1.54) is 0 Å². The van der Waals surface area contributed by atoms with Gasteiger partial charge in [0.1, 0.15) is 16.9 Å². The highest BCUT2D eigenvalue weighted by Gasteiger charge is 2.30. The van der Waals surface area contributed by atoms with Crippen molar-refractivity contribution >= 4 is 34.9 Å². The largest absolute Gasteiger partial charge is 0.481 e. The smallest absolute Gasteiger partial charge is 0.258 e.